The topological polar surface area (TPSA) is 48.0 Å². The summed E-state index contributed by atoms with van der Waals surface area (Å²) in [6.07, 6.45) is -0.460. The van der Waals surface area contributed by atoms with Crippen LogP contribution in [0.2, 0.25) is 0 Å². The Morgan fingerprint density at radius 1 is 1.00 bits per heavy atom. The molecule has 0 saturated heterocycles. The van der Waals surface area contributed by atoms with Crippen molar-refractivity contribution >= 4 is 16.9 Å². The van der Waals surface area contributed by atoms with Crippen molar-refractivity contribution in [1.29, 1.82) is 0 Å². The molecule has 0 saturated carbocycles. The van der Waals surface area contributed by atoms with Crippen LogP contribution in [0.5, 0.6) is 17.2 Å². The molecule has 0 fully saturated rings. The standard InChI is InChI=1S/C15H17NO4/c1-16(2)15(17)20-14-11-8-6-5-7-10(11)12(18-3)9-13(14)19-4/h5-9H,1-4H3. The summed E-state index contributed by atoms with van der Waals surface area (Å²) >= 11 is 0. The van der Waals surface area contributed by atoms with Gasteiger partial charge in [-0.25, -0.2) is 4.79 Å². The number of fused-ring (bicyclic) bond motifs is 1. The number of methoxy groups -OCH3 is 2. The molecule has 0 unspecified atom stereocenters. The molecule has 2 rings (SSSR count). The van der Waals surface area contributed by atoms with Gasteiger partial charge in [0.05, 0.1) is 14.2 Å². The molecule has 0 heterocycles. The van der Waals surface area contributed by atoms with E-state index in [2.05, 4.69) is 0 Å². The van der Waals surface area contributed by atoms with Crippen molar-refractivity contribution in [2.24, 2.45) is 0 Å². The van der Waals surface area contributed by atoms with E-state index in [1.807, 2.05) is 24.3 Å². The zero-order chi connectivity index (χ0) is 14.7. The summed E-state index contributed by atoms with van der Waals surface area (Å²) in [5.41, 5.74) is 0. The SMILES string of the molecule is COc1cc(OC)c2ccccc2c1OC(=O)N(C)C. The van der Waals surface area contributed by atoms with Gasteiger partial charge in [0, 0.05) is 30.9 Å². The van der Waals surface area contributed by atoms with Gasteiger partial charge >= 0.3 is 6.09 Å². The predicted molar refractivity (Wildman–Crippen MR) is 76.8 cm³/mol. The molecule has 0 aliphatic carbocycles. The lowest BCUT2D eigenvalue weighted by atomic mass is 10.1. The van der Waals surface area contributed by atoms with Crippen LogP contribution in [-0.4, -0.2) is 39.3 Å². The predicted octanol–water partition coefficient (Wildman–Crippen LogP) is 2.92. The Morgan fingerprint density at radius 2 is 1.60 bits per heavy atom. The van der Waals surface area contributed by atoms with E-state index in [0.29, 0.717) is 17.2 Å². The molecule has 1 amide bonds. The van der Waals surface area contributed by atoms with Crippen LogP contribution in [-0.2, 0) is 0 Å². The lowest BCUT2D eigenvalue weighted by Crippen LogP contribution is -2.25. The Balaban J connectivity index is 2.65. The van der Waals surface area contributed by atoms with Gasteiger partial charge in [0.1, 0.15) is 5.75 Å². The molecule has 0 radical (unpaired) electrons. The zero-order valence-electron chi connectivity index (χ0n) is 12.0. The molecule has 0 N–H and O–H groups in total. The highest BCUT2D eigenvalue weighted by atomic mass is 16.6. The van der Waals surface area contributed by atoms with E-state index in [4.69, 9.17) is 14.2 Å². The summed E-state index contributed by atoms with van der Waals surface area (Å²) in [5, 5.41) is 1.62. The highest BCUT2D eigenvalue weighted by molar-refractivity contribution is 5.97. The van der Waals surface area contributed by atoms with E-state index in [0.717, 1.165) is 10.8 Å². The van der Waals surface area contributed by atoms with E-state index in [1.165, 1.54) is 12.0 Å². The molecule has 2 aromatic rings. The molecule has 0 aliphatic heterocycles. The minimum absolute atomic E-state index is 0.391. The van der Waals surface area contributed by atoms with Crippen LogP contribution in [0, 0.1) is 0 Å². The summed E-state index contributed by atoms with van der Waals surface area (Å²) in [4.78, 5) is 13.2. The van der Waals surface area contributed by atoms with Crippen molar-refractivity contribution in [2.75, 3.05) is 28.3 Å². The lowest BCUT2D eigenvalue weighted by molar-refractivity contribution is 0.170. The van der Waals surface area contributed by atoms with E-state index >= 15 is 0 Å². The fourth-order valence-electron chi connectivity index (χ4n) is 1.90. The largest absolute Gasteiger partial charge is 0.496 e. The quantitative estimate of drug-likeness (QED) is 0.864. The number of carbonyl (C=O) groups is 1. The van der Waals surface area contributed by atoms with E-state index in [1.54, 1.807) is 27.3 Å². The third-order valence-electron chi connectivity index (χ3n) is 2.92. The second-order valence-corrected chi connectivity index (χ2v) is 4.42. The fourth-order valence-corrected chi connectivity index (χ4v) is 1.90. The summed E-state index contributed by atoms with van der Waals surface area (Å²) < 4.78 is 16.1. The fraction of sp³-hybridized carbons (Fsp3) is 0.267. The van der Waals surface area contributed by atoms with Gasteiger partial charge in [0.25, 0.3) is 0 Å². The highest BCUT2D eigenvalue weighted by Gasteiger charge is 2.18. The van der Waals surface area contributed by atoms with Gasteiger partial charge in [-0.1, -0.05) is 24.3 Å². The van der Waals surface area contributed by atoms with Crippen LogP contribution in [0.25, 0.3) is 10.8 Å². The monoisotopic (exact) mass is 275 g/mol. The Kier molecular flexibility index (Phi) is 3.98. The Labute approximate surface area is 117 Å². The molecule has 0 bridgehead atoms. The number of nitrogens with zero attached hydrogens (tertiary/aromatic N) is 1. The van der Waals surface area contributed by atoms with Crippen molar-refractivity contribution in [2.45, 2.75) is 0 Å². The van der Waals surface area contributed by atoms with Gasteiger partial charge in [-0.3, -0.25) is 0 Å². The molecule has 20 heavy (non-hydrogen) atoms. The second-order valence-electron chi connectivity index (χ2n) is 4.42. The van der Waals surface area contributed by atoms with Gasteiger partial charge in [-0.2, -0.15) is 0 Å². The van der Waals surface area contributed by atoms with Crippen molar-refractivity contribution < 1.29 is 19.0 Å². The van der Waals surface area contributed by atoms with Crippen LogP contribution >= 0.6 is 0 Å². The third-order valence-corrected chi connectivity index (χ3v) is 2.92. The van der Waals surface area contributed by atoms with E-state index < -0.39 is 6.09 Å². The lowest BCUT2D eigenvalue weighted by Gasteiger charge is -2.16. The smallest absolute Gasteiger partial charge is 0.414 e. The molecule has 0 aromatic heterocycles. The summed E-state index contributed by atoms with van der Waals surface area (Å²) in [6, 6.07) is 9.24. The number of benzene rings is 2. The molecule has 5 heteroatoms. The molecule has 0 spiro atoms. The van der Waals surface area contributed by atoms with Crippen molar-refractivity contribution in [3.8, 4) is 17.2 Å². The van der Waals surface area contributed by atoms with Gasteiger partial charge in [0.15, 0.2) is 11.5 Å². The molecular weight excluding hydrogens is 258 g/mol. The van der Waals surface area contributed by atoms with Crippen molar-refractivity contribution in [3.63, 3.8) is 0 Å². The minimum atomic E-state index is -0.460. The summed E-state index contributed by atoms with van der Waals surface area (Å²) in [5.74, 6) is 1.51. The zero-order valence-corrected chi connectivity index (χ0v) is 12.0. The van der Waals surface area contributed by atoms with Crippen molar-refractivity contribution in [1.82, 2.24) is 4.90 Å². The van der Waals surface area contributed by atoms with Gasteiger partial charge < -0.3 is 19.1 Å². The number of hydrogen-bond acceptors (Lipinski definition) is 4. The number of hydrogen-bond donors (Lipinski definition) is 0. The number of amides is 1. The Hall–Kier alpha value is -2.43. The van der Waals surface area contributed by atoms with E-state index in [-0.39, 0.29) is 0 Å². The Bertz CT molecular complexity index is 637. The average molecular weight is 275 g/mol. The van der Waals surface area contributed by atoms with Gasteiger partial charge in [-0.05, 0) is 0 Å². The number of rotatable bonds is 3. The van der Waals surface area contributed by atoms with Crippen LogP contribution in [0.4, 0.5) is 4.79 Å². The summed E-state index contributed by atoms with van der Waals surface area (Å²) in [6.45, 7) is 0. The maximum atomic E-state index is 11.8. The molecule has 5 nitrogen and oxygen atoms in total. The minimum Gasteiger partial charge on any atom is -0.496 e. The number of carbonyl (C=O) groups excluding carboxylic acids is 1. The van der Waals surface area contributed by atoms with Gasteiger partial charge in [0.2, 0.25) is 0 Å². The normalized spacial score (nSPS) is 10.2. The van der Waals surface area contributed by atoms with Crippen LogP contribution in [0.1, 0.15) is 0 Å². The molecule has 0 aliphatic rings. The first-order valence-corrected chi connectivity index (χ1v) is 6.11. The molecule has 106 valence electrons. The second kappa shape index (κ2) is 5.69. The van der Waals surface area contributed by atoms with Crippen molar-refractivity contribution in [3.05, 3.63) is 30.3 Å². The average Bonchev–Trinajstić information content (AvgIpc) is 2.47. The molecule has 2 aromatic carbocycles. The van der Waals surface area contributed by atoms with E-state index in [9.17, 15) is 4.79 Å². The van der Waals surface area contributed by atoms with Crippen LogP contribution in [0.15, 0.2) is 30.3 Å². The maximum Gasteiger partial charge on any atom is 0.414 e. The first kappa shape index (κ1) is 14.0. The Morgan fingerprint density at radius 3 is 2.15 bits per heavy atom. The van der Waals surface area contributed by atoms with Crippen LogP contribution in [0.3, 0.4) is 0 Å². The summed E-state index contributed by atoms with van der Waals surface area (Å²) in [7, 11) is 6.37. The first-order valence-electron chi connectivity index (χ1n) is 6.11. The third kappa shape index (κ3) is 2.47. The highest BCUT2D eigenvalue weighted by Crippen LogP contribution is 2.41. The van der Waals surface area contributed by atoms with Gasteiger partial charge in [-0.15, -0.1) is 0 Å². The number of ether oxygens (including phenoxy) is 3. The maximum absolute atomic E-state index is 11.8. The van der Waals surface area contributed by atoms with Crippen LogP contribution < -0.4 is 14.2 Å². The molecule has 0 atom stereocenters. The molecular formula is C15H17NO4. The first-order chi connectivity index (χ1) is 9.58.